The van der Waals surface area contributed by atoms with Crippen LogP contribution in [0.1, 0.15) is 26.7 Å². The van der Waals surface area contributed by atoms with Gasteiger partial charge in [0.25, 0.3) is 5.91 Å². The number of hydrogen-bond acceptors (Lipinski definition) is 7. The fourth-order valence-corrected chi connectivity index (χ4v) is 3.08. The first-order chi connectivity index (χ1) is 13.4. The minimum Gasteiger partial charge on any atom is -0.466 e. The van der Waals surface area contributed by atoms with E-state index in [2.05, 4.69) is 0 Å². The maximum Gasteiger partial charge on any atom is 0.310 e. The van der Waals surface area contributed by atoms with Crippen molar-refractivity contribution in [2.24, 2.45) is 5.92 Å². The Balaban J connectivity index is 2.23. The second-order valence-corrected chi connectivity index (χ2v) is 6.49. The summed E-state index contributed by atoms with van der Waals surface area (Å²) in [5.74, 6) is -1.82. The number of imide groups is 1. The van der Waals surface area contributed by atoms with Crippen molar-refractivity contribution in [1.82, 2.24) is 4.90 Å². The molecule has 0 saturated carbocycles. The minimum absolute atomic E-state index is 0.184. The number of likely N-dealkylation sites (tertiary alicyclic amines) is 1. The molecule has 1 aliphatic rings. The van der Waals surface area contributed by atoms with Gasteiger partial charge in [0.2, 0.25) is 5.91 Å². The van der Waals surface area contributed by atoms with Crippen LogP contribution in [0.15, 0.2) is 36.0 Å². The molecule has 0 spiro atoms. The summed E-state index contributed by atoms with van der Waals surface area (Å²) in [5, 5.41) is 9.49. The third kappa shape index (κ3) is 5.10. The molecule has 2 N–H and O–H groups in total. The van der Waals surface area contributed by atoms with Crippen LogP contribution < -0.4 is 10.6 Å². The van der Waals surface area contributed by atoms with Crippen LogP contribution in [0.4, 0.5) is 11.4 Å². The molecule has 0 radical (unpaired) electrons. The third-order valence-electron chi connectivity index (χ3n) is 4.40. The number of benzene rings is 1. The number of anilines is 2. The highest BCUT2D eigenvalue weighted by atomic mass is 16.5. The summed E-state index contributed by atoms with van der Waals surface area (Å²) in [6.45, 7) is 4.27. The molecule has 1 saturated heterocycles. The van der Waals surface area contributed by atoms with Crippen LogP contribution in [-0.2, 0) is 19.1 Å². The van der Waals surface area contributed by atoms with E-state index in [9.17, 15) is 19.6 Å². The summed E-state index contributed by atoms with van der Waals surface area (Å²) in [6, 6.07) is 8.10. The van der Waals surface area contributed by atoms with Gasteiger partial charge in [-0.15, -0.1) is 0 Å². The first kappa shape index (κ1) is 21.0. The first-order valence-corrected chi connectivity index (χ1v) is 9.10. The zero-order valence-electron chi connectivity index (χ0n) is 16.1. The molecule has 28 heavy (non-hydrogen) atoms. The number of piperidine rings is 1. The van der Waals surface area contributed by atoms with Gasteiger partial charge in [-0.3, -0.25) is 14.4 Å². The van der Waals surface area contributed by atoms with E-state index in [1.807, 2.05) is 6.07 Å². The maximum absolute atomic E-state index is 12.9. The number of nitrogen functional groups attached to an aromatic ring is 1. The van der Waals surface area contributed by atoms with Gasteiger partial charge in [0, 0.05) is 31.9 Å². The van der Waals surface area contributed by atoms with Crippen LogP contribution in [0.3, 0.4) is 0 Å². The lowest BCUT2D eigenvalue weighted by Gasteiger charge is -2.31. The van der Waals surface area contributed by atoms with Crippen LogP contribution in [0.2, 0.25) is 0 Å². The number of rotatable bonds is 5. The molecule has 8 nitrogen and oxygen atoms in total. The van der Waals surface area contributed by atoms with Crippen molar-refractivity contribution in [3.8, 4) is 6.07 Å². The third-order valence-corrected chi connectivity index (χ3v) is 4.40. The van der Waals surface area contributed by atoms with E-state index < -0.39 is 11.8 Å². The van der Waals surface area contributed by atoms with E-state index in [1.54, 1.807) is 36.1 Å². The van der Waals surface area contributed by atoms with Crippen LogP contribution in [0, 0.1) is 17.2 Å². The summed E-state index contributed by atoms with van der Waals surface area (Å²) < 4.78 is 5.06. The SMILES string of the molecule is CCOC(=O)C1CCCN(/C=C(/C#N)C(=O)N(C(C)=O)c2ccc(N)cc2)C1. The zero-order chi connectivity index (χ0) is 20.7. The second-order valence-electron chi connectivity index (χ2n) is 6.49. The normalized spacial score (nSPS) is 16.8. The van der Waals surface area contributed by atoms with E-state index in [0.717, 1.165) is 11.3 Å². The van der Waals surface area contributed by atoms with Gasteiger partial charge in [-0.2, -0.15) is 5.26 Å². The maximum atomic E-state index is 12.9. The van der Waals surface area contributed by atoms with Gasteiger partial charge in [0.15, 0.2) is 0 Å². The molecule has 1 aromatic carbocycles. The molecule has 2 rings (SSSR count). The van der Waals surface area contributed by atoms with Gasteiger partial charge in [-0.25, -0.2) is 4.90 Å². The van der Waals surface area contributed by atoms with Crippen molar-refractivity contribution < 1.29 is 19.1 Å². The Morgan fingerprint density at radius 2 is 2.04 bits per heavy atom. The molecule has 0 aromatic heterocycles. The van der Waals surface area contributed by atoms with Gasteiger partial charge in [-0.1, -0.05) is 0 Å². The second kappa shape index (κ2) is 9.55. The van der Waals surface area contributed by atoms with E-state index in [-0.39, 0.29) is 17.5 Å². The average molecular weight is 384 g/mol. The van der Waals surface area contributed by atoms with Crippen molar-refractivity contribution in [3.05, 3.63) is 36.0 Å². The summed E-state index contributed by atoms with van der Waals surface area (Å²) in [6.07, 6.45) is 2.85. The predicted octanol–water partition coefficient (Wildman–Crippen LogP) is 1.83. The van der Waals surface area contributed by atoms with E-state index in [1.165, 1.54) is 13.1 Å². The van der Waals surface area contributed by atoms with Gasteiger partial charge in [-0.05, 0) is 44.0 Å². The highest BCUT2D eigenvalue weighted by Gasteiger charge is 2.28. The molecule has 1 aromatic rings. The number of carbonyl (C=O) groups is 3. The monoisotopic (exact) mass is 384 g/mol. The Labute approximate surface area is 164 Å². The summed E-state index contributed by atoms with van der Waals surface area (Å²) in [4.78, 5) is 39.6. The number of ether oxygens (including phenoxy) is 1. The minimum atomic E-state index is -0.724. The van der Waals surface area contributed by atoms with E-state index >= 15 is 0 Å². The topological polar surface area (TPSA) is 117 Å². The van der Waals surface area contributed by atoms with Crippen LogP contribution in [0.5, 0.6) is 0 Å². The quantitative estimate of drug-likeness (QED) is 0.356. The highest BCUT2D eigenvalue weighted by molar-refractivity contribution is 6.21. The van der Waals surface area contributed by atoms with Crippen molar-refractivity contribution in [2.75, 3.05) is 30.3 Å². The number of nitrogens with two attached hydrogens (primary N) is 1. The van der Waals surface area contributed by atoms with Crippen molar-refractivity contribution in [3.63, 3.8) is 0 Å². The van der Waals surface area contributed by atoms with E-state index in [0.29, 0.717) is 37.5 Å². The molecule has 2 amide bonds. The Bertz CT molecular complexity index is 810. The number of nitriles is 1. The number of carbonyl (C=O) groups excluding carboxylic acids is 3. The molecule has 148 valence electrons. The lowest BCUT2D eigenvalue weighted by Crippen LogP contribution is -2.39. The van der Waals surface area contributed by atoms with Crippen molar-refractivity contribution >= 4 is 29.2 Å². The molecular formula is C20H24N4O4. The summed E-state index contributed by atoms with van der Waals surface area (Å²) >= 11 is 0. The average Bonchev–Trinajstić information content (AvgIpc) is 2.68. The van der Waals surface area contributed by atoms with Crippen LogP contribution in [0.25, 0.3) is 0 Å². The van der Waals surface area contributed by atoms with Gasteiger partial charge in [0.05, 0.1) is 18.2 Å². The van der Waals surface area contributed by atoms with Crippen LogP contribution in [-0.4, -0.2) is 42.4 Å². The van der Waals surface area contributed by atoms with E-state index in [4.69, 9.17) is 10.5 Å². The zero-order valence-corrected chi connectivity index (χ0v) is 16.1. The highest BCUT2D eigenvalue weighted by Crippen LogP contribution is 2.21. The molecule has 0 bridgehead atoms. The first-order valence-electron chi connectivity index (χ1n) is 9.10. The Morgan fingerprint density at radius 1 is 1.36 bits per heavy atom. The number of hydrogen-bond donors (Lipinski definition) is 1. The Hall–Kier alpha value is -3.34. The van der Waals surface area contributed by atoms with Crippen molar-refractivity contribution in [1.29, 1.82) is 5.26 Å². The molecule has 1 fully saturated rings. The van der Waals surface area contributed by atoms with Gasteiger partial charge >= 0.3 is 5.97 Å². The molecule has 0 aliphatic carbocycles. The lowest BCUT2D eigenvalue weighted by molar-refractivity contribution is -0.149. The van der Waals surface area contributed by atoms with Crippen molar-refractivity contribution in [2.45, 2.75) is 26.7 Å². The Morgan fingerprint density at radius 3 is 2.61 bits per heavy atom. The fourth-order valence-electron chi connectivity index (χ4n) is 3.08. The Kier molecular flexibility index (Phi) is 7.15. The molecule has 1 heterocycles. The molecular weight excluding hydrogens is 360 g/mol. The smallest absolute Gasteiger partial charge is 0.310 e. The largest absolute Gasteiger partial charge is 0.466 e. The summed E-state index contributed by atoms with van der Waals surface area (Å²) in [7, 11) is 0. The molecule has 1 atom stereocenters. The summed E-state index contributed by atoms with van der Waals surface area (Å²) in [5.41, 5.74) is 6.29. The van der Waals surface area contributed by atoms with Gasteiger partial charge in [0.1, 0.15) is 11.6 Å². The molecule has 8 heteroatoms. The number of amides is 2. The number of nitrogens with zero attached hydrogens (tertiary/aromatic N) is 3. The predicted molar refractivity (Wildman–Crippen MR) is 104 cm³/mol. The standard InChI is InChI=1S/C20H24N4O4/c1-3-28-20(27)15-5-4-10-23(12-15)13-16(11-21)19(26)24(14(2)25)18-8-6-17(22)7-9-18/h6-9,13,15H,3-5,10,12,22H2,1-2H3/b16-13-. The molecule has 1 unspecified atom stereocenters. The van der Waals surface area contributed by atoms with Gasteiger partial charge < -0.3 is 15.4 Å². The lowest BCUT2D eigenvalue weighted by atomic mass is 9.98. The fraction of sp³-hybridized carbons (Fsp3) is 0.400. The molecule has 1 aliphatic heterocycles. The van der Waals surface area contributed by atoms with Crippen LogP contribution >= 0.6 is 0 Å². The number of esters is 1.